The van der Waals surface area contributed by atoms with E-state index in [1.807, 2.05) is 11.8 Å². The molecule has 2 amide bonds. The number of benzene rings is 1. The van der Waals surface area contributed by atoms with Gasteiger partial charge in [-0.25, -0.2) is 0 Å². The monoisotopic (exact) mass is 399 g/mol. The van der Waals surface area contributed by atoms with Crippen molar-refractivity contribution in [3.8, 4) is 0 Å². The largest absolute Gasteiger partial charge is 0.368 e. The van der Waals surface area contributed by atoms with Gasteiger partial charge in [-0.3, -0.25) is 9.59 Å². The zero-order valence-electron chi connectivity index (χ0n) is 18.5. The summed E-state index contributed by atoms with van der Waals surface area (Å²) in [5, 5.41) is 3.10. The van der Waals surface area contributed by atoms with Crippen molar-refractivity contribution in [3.63, 3.8) is 0 Å². The van der Waals surface area contributed by atoms with Gasteiger partial charge in [0.2, 0.25) is 11.8 Å². The molecular formula is C24H37N3O2. The Balaban J connectivity index is 1.48. The van der Waals surface area contributed by atoms with Crippen molar-refractivity contribution in [2.75, 3.05) is 31.1 Å². The van der Waals surface area contributed by atoms with Crippen LogP contribution in [0.15, 0.2) is 18.2 Å². The smallest absolute Gasteiger partial charge is 0.225 e. The third kappa shape index (κ3) is 5.12. The lowest BCUT2D eigenvalue weighted by Crippen LogP contribution is -2.51. The SMILES string of the molecule is CCC(C)NC(=O)C1CCC(C(=O)N2CCN(c3cccc(C)c3C)CC2)CC1. The average molecular weight is 400 g/mol. The topological polar surface area (TPSA) is 52.7 Å². The Morgan fingerprint density at radius 1 is 1.03 bits per heavy atom. The van der Waals surface area contributed by atoms with E-state index in [1.165, 1.54) is 16.8 Å². The van der Waals surface area contributed by atoms with Gasteiger partial charge < -0.3 is 15.1 Å². The third-order valence-corrected chi connectivity index (χ3v) is 6.96. The van der Waals surface area contributed by atoms with Crippen LogP contribution in [0.4, 0.5) is 5.69 Å². The molecule has 3 rings (SSSR count). The highest BCUT2D eigenvalue weighted by molar-refractivity contribution is 5.81. The number of piperazine rings is 1. The van der Waals surface area contributed by atoms with Crippen LogP contribution in [-0.4, -0.2) is 48.9 Å². The quantitative estimate of drug-likeness (QED) is 0.822. The number of hydrogen-bond donors (Lipinski definition) is 1. The second-order valence-corrected chi connectivity index (χ2v) is 8.90. The number of aryl methyl sites for hydroxylation is 1. The molecule has 5 heteroatoms. The molecule has 1 saturated carbocycles. The van der Waals surface area contributed by atoms with Gasteiger partial charge in [0.15, 0.2) is 0 Å². The highest BCUT2D eigenvalue weighted by Crippen LogP contribution is 2.31. The number of anilines is 1. The third-order valence-electron chi connectivity index (χ3n) is 6.96. The van der Waals surface area contributed by atoms with E-state index in [4.69, 9.17) is 0 Å². The molecule has 0 radical (unpaired) electrons. The molecule has 29 heavy (non-hydrogen) atoms. The second-order valence-electron chi connectivity index (χ2n) is 8.90. The van der Waals surface area contributed by atoms with Gasteiger partial charge in [0.25, 0.3) is 0 Å². The summed E-state index contributed by atoms with van der Waals surface area (Å²) in [5.74, 6) is 0.642. The summed E-state index contributed by atoms with van der Waals surface area (Å²) in [5.41, 5.74) is 3.95. The highest BCUT2D eigenvalue weighted by Gasteiger charge is 2.33. The summed E-state index contributed by atoms with van der Waals surface area (Å²) < 4.78 is 0. The molecular weight excluding hydrogens is 362 g/mol. The van der Waals surface area contributed by atoms with Crippen LogP contribution in [-0.2, 0) is 9.59 Å². The summed E-state index contributed by atoms with van der Waals surface area (Å²) in [6.07, 6.45) is 4.30. The maximum Gasteiger partial charge on any atom is 0.225 e. The normalized spacial score (nSPS) is 23.6. The lowest BCUT2D eigenvalue weighted by molar-refractivity contribution is -0.138. The lowest BCUT2D eigenvalue weighted by atomic mass is 9.80. The van der Waals surface area contributed by atoms with Crippen molar-refractivity contribution < 1.29 is 9.59 Å². The van der Waals surface area contributed by atoms with Gasteiger partial charge in [-0.15, -0.1) is 0 Å². The Morgan fingerprint density at radius 3 is 2.28 bits per heavy atom. The van der Waals surface area contributed by atoms with Crippen LogP contribution in [0.5, 0.6) is 0 Å². The second kappa shape index (κ2) is 9.64. The van der Waals surface area contributed by atoms with Crippen LogP contribution >= 0.6 is 0 Å². The molecule has 1 unspecified atom stereocenters. The number of rotatable bonds is 5. The fourth-order valence-electron chi connectivity index (χ4n) is 4.57. The fraction of sp³-hybridized carbons (Fsp3) is 0.667. The van der Waals surface area contributed by atoms with Crippen LogP contribution in [0.1, 0.15) is 57.1 Å². The molecule has 1 aromatic carbocycles. The van der Waals surface area contributed by atoms with E-state index in [1.54, 1.807) is 0 Å². The standard InChI is InChI=1S/C24H37N3O2/c1-5-18(3)25-23(28)20-9-11-21(12-10-20)24(29)27-15-13-26(14-16-27)22-8-6-7-17(2)19(22)4/h6-8,18,20-21H,5,9-16H2,1-4H3,(H,25,28). The molecule has 1 N–H and O–H groups in total. The molecule has 1 saturated heterocycles. The number of nitrogens with zero attached hydrogens (tertiary/aromatic N) is 2. The van der Waals surface area contributed by atoms with Gasteiger partial charge in [-0.05, 0) is 70.1 Å². The van der Waals surface area contributed by atoms with Crippen LogP contribution in [0, 0.1) is 25.7 Å². The Hall–Kier alpha value is -2.04. The minimum absolute atomic E-state index is 0.0780. The minimum atomic E-state index is 0.0780. The predicted octanol–water partition coefficient (Wildman–Crippen LogP) is 3.67. The molecule has 2 aliphatic rings. The zero-order valence-corrected chi connectivity index (χ0v) is 18.5. The molecule has 0 aromatic heterocycles. The van der Waals surface area contributed by atoms with Gasteiger partial charge in [0, 0.05) is 49.7 Å². The van der Waals surface area contributed by atoms with Gasteiger partial charge in [-0.1, -0.05) is 19.1 Å². The first-order chi connectivity index (χ1) is 13.9. The number of carbonyl (C=O) groups excluding carboxylic acids is 2. The molecule has 5 nitrogen and oxygen atoms in total. The van der Waals surface area contributed by atoms with Gasteiger partial charge in [-0.2, -0.15) is 0 Å². The summed E-state index contributed by atoms with van der Waals surface area (Å²) in [4.78, 5) is 29.8. The summed E-state index contributed by atoms with van der Waals surface area (Å²) in [6, 6.07) is 6.68. The Kier molecular flexibility index (Phi) is 7.20. The summed E-state index contributed by atoms with van der Waals surface area (Å²) in [7, 11) is 0. The van der Waals surface area contributed by atoms with Crippen molar-refractivity contribution in [2.24, 2.45) is 11.8 Å². The molecule has 160 valence electrons. The van der Waals surface area contributed by atoms with Crippen LogP contribution in [0.3, 0.4) is 0 Å². The van der Waals surface area contributed by atoms with E-state index < -0.39 is 0 Å². The van der Waals surface area contributed by atoms with Crippen molar-refractivity contribution in [1.82, 2.24) is 10.2 Å². The first-order valence-electron chi connectivity index (χ1n) is 11.3. The van der Waals surface area contributed by atoms with Crippen LogP contribution in [0.2, 0.25) is 0 Å². The molecule has 1 aromatic rings. The Morgan fingerprint density at radius 2 is 1.66 bits per heavy atom. The lowest BCUT2D eigenvalue weighted by Gasteiger charge is -2.39. The van der Waals surface area contributed by atoms with Gasteiger partial charge in [0.05, 0.1) is 0 Å². The van der Waals surface area contributed by atoms with E-state index in [0.29, 0.717) is 5.91 Å². The summed E-state index contributed by atoms with van der Waals surface area (Å²) in [6.45, 7) is 11.8. The average Bonchev–Trinajstić information content (AvgIpc) is 2.75. The number of hydrogen-bond acceptors (Lipinski definition) is 3. The highest BCUT2D eigenvalue weighted by atomic mass is 16.2. The van der Waals surface area contributed by atoms with E-state index in [2.05, 4.69) is 49.2 Å². The van der Waals surface area contributed by atoms with Crippen molar-refractivity contribution in [2.45, 2.75) is 65.8 Å². The Bertz CT molecular complexity index is 717. The molecule has 1 aliphatic heterocycles. The molecule has 1 heterocycles. The number of amides is 2. The van der Waals surface area contributed by atoms with E-state index in [0.717, 1.165) is 58.3 Å². The maximum absolute atomic E-state index is 13.0. The Labute approximate surface area is 175 Å². The van der Waals surface area contributed by atoms with Crippen LogP contribution < -0.4 is 10.2 Å². The molecule has 1 aliphatic carbocycles. The van der Waals surface area contributed by atoms with Crippen molar-refractivity contribution >= 4 is 17.5 Å². The van der Waals surface area contributed by atoms with Gasteiger partial charge >= 0.3 is 0 Å². The molecule has 0 spiro atoms. The van der Waals surface area contributed by atoms with Crippen molar-refractivity contribution in [1.29, 1.82) is 0 Å². The summed E-state index contributed by atoms with van der Waals surface area (Å²) >= 11 is 0. The van der Waals surface area contributed by atoms with Crippen molar-refractivity contribution in [3.05, 3.63) is 29.3 Å². The fourth-order valence-corrected chi connectivity index (χ4v) is 4.57. The molecule has 1 atom stereocenters. The zero-order chi connectivity index (χ0) is 21.0. The first-order valence-corrected chi connectivity index (χ1v) is 11.3. The molecule has 2 fully saturated rings. The van der Waals surface area contributed by atoms with Gasteiger partial charge in [0.1, 0.15) is 0 Å². The number of carbonyl (C=O) groups is 2. The van der Waals surface area contributed by atoms with E-state index in [9.17, 15) is 9.59 Å². The molecule has 0 bridgehead atoms. The number of nitrogens with one attached hydrogen (secondary N) is 1. The first kappa shape index (κ1) is 21.7. The van der Waals surface area contributed by atoms with E-state index in [-0.39, 0.29) is 23.8 Å². The predicted molar refractivity (Wildman–Crippen MR) is 118 cm³/mol. The van der Waals surface area contributed by atoms with Crippen LogP contribution in [0.25, 0.3) is 0 Å². The maximum atomic E-state index is 13.0. The minimum Gasteiger partial charge on any atom is -0.368 e. The van der Waals surface area contributed by atoms with E-state index >= 15 is 0 Å².